The molecule has 4 rings (SSSR count). The van der Waals surface area contributed by atoms with Crippen LogP contribution in [0, 0.1) is 0 Å². The highest BCUT2D eigenvalue weighted by Gasteiger charge is 2.39. The summed E-state index contributed by atoms with van der Waals surface area (Å²) in [6.07, 6.45) is -7.82. The molecule has 0 aliphatic rings. The Morgan fingerprint density at radius 1 is 1.03 bits per heavy atom. The largest absolute Gasteiger partial charge is 0.480 e. The van der Waals surface area contributed by atoms with Gasteiger partial charge in [-0.25, -0.2) is 19.1 Å². The highest BCUT2D eigenvalue weighted by molar-refractivity contribution is 6.33. The normalized spacial score (nSPS) is 12.6. The van der Waals surface area contributed by atoms with Gasteiger partial charge >= 0.3 is 17.8 Å². The molecule has 4 aromatic rings. The van der Waals surface area contributed by atoms with E-state index in [0.29, 0.717) is 20.2 Å². The number of aliphatic carboxylic acids is 1. The molecule has 0 amide bonds. The molecule has 10 nitrogen and oxygen atoms in total. The monoisotopic (exact) mass is 556 g/mol. The lowest BCUT2D eigenvalue weighted by Gasteiger charge is -2.15. The van der Waals surface area contributed by atoms with Gasteiger partial charge in [0, 0.05) is 16.1 Å². The van der Waals surface area contributed by atoms with E-state index in [1.807, 2.05) is 0 Å². The van der Waals surface area contributed by atoms with E-state index in [-0.39, 0.29) is 23.0 Å². The third-order valence-corrected chi connectivity index (χ3v) is 5.78. The molecule has 0 fully saturated rings. The summed E-state index contributed by atoms with van der Waals surface area (Å²) in [5, 5.41) is 27.9. The number of nitrogens with zero attached hydrogens (tertiary/aromatic N) is 6. The zero-order chi connectivity index (χ0) is 26.9. The molecule has 0 spiro atoms. The van der Waals surface area contributed by atoms with Gasteiger partial charge in [-0.15, -0.1) is 5.10 Å². The van der Waals surface area contributed by atoms with Crippen LogP contribution in [0.5, 0.6) is 0 Å². The van der Waals surface area contributed by atoms with Crippen LogP contribution in [0.4, 0.5) is 13.2 Å². The lowest BCUT2D eigenvalue weighted by atomic mass is 10.2. The standard InChI is InChI=1S/C22H17Cl2F3N6O4/c23-13-7-5-12(6-8-13)20-30-33(21(37)31(20)9-16(34)22(25,26)27)10-17-28-19(29-32(17)11-18(35)36)14-3-1-2-4-15(14)24/h1-8,16,34H,9-11H2,(H,35,36). The first-order chi connectivity index (χ1) is 17.4. The number of hydrogen-bond acceptors (Lipinski definition) is 6. The predicted octanol–water partition coefficient (Wildman–Crippen LogP) is 3.33. The number of hydrogen-bond donors (Lipinski definition) is 2. The molecule has 1 unspecified atom stereocenters. The van der Waals surface area contributed by atoms with Crippen molar-refractivity contribution in [1.29, 1.82) is 0 Å². The van der Waals surface area contributed by atoms with E-state index in [1.165, 1.54) is 24.3 Å². The second-order valence-corrected chi connectivity index (χ2v) is 8.67. The number of carboxylic acids is 1. The summed E-state index contributed by atoms with van der Waals surface area (Å²) in [5.41, 5.74) is -0.321. The Kier molecular flexibility index (Phi) is 7.39. The number of aliphatic hydroxyl groups excluding tert-OH is 1. The van der Waals surface area contributed by atoms with Gasteiger partial charge in [-0.2, -0.15) is 18.3 Å². The van der Waals surface area contributed by atoms with E-state index in [2.05, 4.69) is 15.2 Å². The van der Waals surface area contributed by atoms with Crippen molar-refractivity contribution >= 4 is 29.2 Å². The molecule has 1 atom stereocenters. The molecule has 0 saturated carbocycles. The van der Waals surface area contributed by atoms with E-state index >= 15 is 0 Å². The van der Waals surface area contributed by atoms with Gasteiger partial charge in [-0.05, 0) is 36.4 Å². The second kappa shape index (κ2) is 10.4. The zero-order valence-electron chi connectivity index (χ0n) is 18.6. The van der Waals surface area contributed by atoms with E-state index < -0.39 is 43.6 Å². The van der Waals surface area contributed by atoms with Crippen LogP contribution in [0.2, 0.25) is 10.0 Å². The molecule has 2 aromatic carbocycles. The fraction of sp³-hybridized carbons (Fsp3) is 0.227. The number of halogens is 5. The molecule has 2 N–H and O–H groups in total. The SMILES string of the molecule is O=C(O)Cn1nc(-c2ccccc2Cl)nc1Cn1nc(-c2ccc(Cl)cc2)n(CC(O)C(F)(F)F)c1=O. The Bertz CT molecular complexity index is 1500. The van der Waals surface area contributed by atoms with Crippen molar-refractivity contribution in [3.05, 3.63) is 74.9 Å². The Morgan fingerprint density at radius 3 is 2.32 bits per heavy atom. The van der Waals surface area contributed by atoms with E-state index in [0.717, 1.165) is 9.36 Å². The van der Waals surface area contributed by atoms with Gasteiger partial charge in [0.15, 0.2) is 17.8 Å². The maximum Gasteiger partial charge on any atom is 0.416 e. The molecule has 194 valence electrons. The number of rotatable bonds is 8. The summed E-state index contributed by atoms with van der Waals surface area (Å²) in [6, 6.07) is 12.4. The average molecular weight is 557 g/mol. The van der Waals surface area contributed by atoms with Crippen molar-refractivity contribution in [2.45, 2.75) is 31.9 Å². The van der Waals surface area contributed by atoms with E-state index in [4.69, 9.17) is 23.2 Å². The number of alkyl halides is 3. The first-order valence-electron chi connectivity index (χ1n) is 10.5. The van der Waals surface area contributed by atoms with Crippen LogP contribution in [0.25, 0.3) is 22.8 Å². The minimum Gasteiger partial charge on any atom is -0.480 e. The zero-order valence-corrected chi connectivity index (χ0v) is 20.1. The van der Waals surface area contributed by atoms with Gasteiger partial charge in [0.25, 0.3) is 0 Å². The highest BCUT2D eigenvalue weighted by Crippen LogP contribution is 2.26. The summed E-state index contributed by atoms with van der Waals surface area (Å²) in [6.45, 7) is -2.16. The topological polar surface area (TPSA) is 128 Å². The summed E-state index contributed by atoms with van der Waals surface area (Å²) < 4.78 is 41.8. The maximum absolute atomic E-state index is 13.1. The third kappa shape index (κ3) is 5.84. The summed E-state index contributed by atoms with van der Waals surface area (Å²) in [4.78, 5) is 28.8. The fourth-order valence-corrected chi connectivity index (χ4v) is 3.78. The number of carboxylic acid groups (broad SMARTS) is 1. The second-order valence-electron chi connectivity index (χ2n) is 7.82. The Balaban J connectivity index is 1.80. The predicted molar refractivity (Wildman–Crippen MR) is 126 cm³/mol. The molecule has 0 bridgehead atoms. The average Bonchev–Trinajstić information content (AvgIpc) is 3.35. The van der Waals surface area contributed by atoms with E-state index in [1.54, 1.807) is 24.3 Å². The number of aliphatic hydroxyl groups is 1. The molecular formula is C22H17Cl2F3N6O4. The molecule has 0 saturated heterocycles. The number of carbonyl (C=O) groups is 1. The lowest BCUT2D eigenvalue weighted by Crippen LogP contribution is -2.37. The van der Waals surface area contributed by atoms with Crippen molar-refractivity contribution in [3.8, 4) is 22.8 Å². The van der Waals surface area contributed by atoms with E-state index in [9.17, 15) is 33.0 Å². The Morgan fingerprint density at radius 2 is 1.70 bits per heavy atom. The summed E-state index contributed by atoms with van der Waals surface area (Å²) in [5.74, 6) is -1.34. The number of benzene rings is 2. The molecule has 0 radical (unpaired) electrons. The maximum atomic E-state index is 13.1. The molecule has 2 aromatic heterocycles. The lowest BCUT2D eigenvalue weighted by molar-refractivity contribution is -0.207. The molecule has 15 heteroatoms. The van der Waals surface area contributed by atoms with Crippen LogP contribution in [0.3, 0.4) is 0 Å². The summed E-state index contributed by atoms with van der Waals surface area (Å²) >= 11 is 12.1. The van der Waals surface area contributed by atoms with Crippen molar-refractivity contribution in [2.24, 2.45) is 0 Å². The van der Waals surface area contributed by atoms with Crippen LogP contribution in [-0.2, 0) is 24.4 Å². The van der Waals surface area contributed by atoms with Gasteiger partial charge < -0.3 is 10.2 Å². The molecule has 37 heavy (non-hydrogen) atoms. The minimum absolute atomic E-state index is 0.0110. The van der Waals surface area contributed by atoms with Crippen LogP contribution in [-0.4, -0.2) is 57.6 Å². The highest BCUT2D eigenvalue weighted by atomic mass is 35.5. The van der Waals surface area contributed by atoms with Gasteiger partial charge in [0.2, 0.25) is 0 Å². The van der Waals surface area contributed by atoms with Crippen molar-refractivity contribution in [1.82, 2.24) is 29.1 Å². The Hall–Kier alpha value is -3.68. The molecular weight excluding hydrogens is 540 g/mol. The quantitative estimate of drug-likeness (QED) is 0.340. The first-order valence-corrected chi connectivity index (χ1v) is 11.3. The van der Waals surface area contributed by atoms with Gasteiger partial charge in [-0.3, -0.25) is 9.36 Å². The van der Waals surface area contributed by atoms with Gasteiger partial charge in [0.05, 0.1) is 11.6 Å². The molecule has 2 heterocycles. The molecule has 0 aliphatic carbocycles. The van der Waals surface area contributed by atoms with Crippen molar-refractivity contribution < 1.29 is 28.2 Å². The van der Waals surface area contributed by atoms with Crippen molar-refractivity contribution in [3.63, 3.8) is 0 Å². The molecule has 0 aliphatic heterocycles. The fourth-order valence-electron chi connectivity index (χ4n) is 3.43. The Labute approximate surface area is 216 Å². The van der Waals surface area contributed by atoms with Crippen LogP contribution in [0.1, 0.15) is 5.82 Å². The van der Waals surface area contributed by atoms with Crippen LogP contribution >= 0.6 is 23.2 Å². The van der Waals surface area contributed by atoms with Gasteiger partial charge in [0.1, 0.15) is 18.9 Å². The van der Waals surface area contributed by atoms with Crippen LogP contribution in [0.15, 0.2) is 53.3 Å². The van der Waals surface area contributed by atoms with Crippen LogP contribution < -0.4 is 5.69 Å². The smallest absolute Gasteiger partial charge is 0.416 e. The third-order valence-electron chi connectivity index (χ3n) is 5.20. The number of aromatic nitrogens is 6. The minimum atomic E-state index is -4.98. The van der Waals surface area contributed by atoms with Crippen molar-refractivity contribution in [2.75, 3.05) is 0 Å². The summed E-state index contributed by atoms with van der Waals surface area (Å²) in [7, 11) is 0. The van der Waals surface area contributed by atoms with Gasteiger partial charge in [-0.1, -0.05) is 35.3 Å². The first kappa shape index (κ1) is 26.4.